The number of anilines is 1. The lowest BCUT2D eigenvalue weighted by Crippen LogP contribution is -2.49. The smallest absolute Gasteiger partial charge is 0.369 e. The molecule has 0 unspecified atom stereocenters. The fourth-order valence-corrected chi connectivity index (χ4v) is 2.57. The van der Waals surface area contributed by atoms with Gasteiger partial charge in [-0.25, -0.2) is 0 Å². The van der Waals surface area contributed by atoms with Crippen LogP contribution in [0.25, 0.3) is 0 Å². The zero-order chi connectivity index (χ0) is 14.8. The van der Waals surface area contributed by atoms with Crippen molar-refractivity contribution in [3.8, 4) is 0 Å². The van der Waals surface area contributed by atoms with Gasteiger partial charge in [0.1, 0.15) is 0 Å². The lowest BCUT2D eigenvalue weighted by Gasteiger charge is -2.36. The molecule has 1 aromatic rings. The molecule has 112 valence electrons. The van der Waals surface area contributed by atoms with Crippen LogP contribution in [0.5, 0.6) is 0 Å². The minimum absolute atomic E-state index is 0.373. The van der Waals surface area contributed by atoms with Crippen LogP contribution in [0.1, 0.15) is 5.56 Å². The van der Waals surface area contributed by atoms with Gasteiger partial charge in [-0.05, 0) is 17.7 Å². The van der Waals surface area contributed by atoms with E-state index in [0.29, 0.717) is 37.7 Å². The third-order valence-electron chi connectivity index (χ3n) is 3.40. The van der Waals surface area contributed by atoms with Crippen molar-refractivity contribution in [3.63, 3.8) is 0 Å². The number of nitrogens with zero attached hydrogens (tertiary/aromatic N) is 2. The average molecular weight is 308 g/mol. The summed E-state index contributed by atoms with van der Waals surface area (Å²) in [6, 6.07) is 5.59. The van der Waals surface area contributed by atoms with Crippen molar-refractivity contribution >= 4 is 17.3 Å². The van der Waals surface area contributed by atoms with Crippen molar-refractivity contribution in [3.05, 3.63) is 28.8 Å². The molecule has 0 atom stereocenters. The van der Waals surface area contributed by atoms with Crippen molar-refractivity contribution in [1.82, 2.24) is 4.90 Å². The van der Waals surface area contributed by atoms with Gasteiger partial charge in [0.15, 0.2) is 0 Å². The van der Waals surface area contributed by atoms with Crippen LogP contribution in [-0.4, -0.2) is 43.8 Å². The summed E-state index contributed by atoms with van der Waals surface area (Å²) < 4.78 is 36.9. The van der Waals surface area contributed by atoms with Crippen LogP contribution in [0.4, 0.5) is 18.9 Å². The predicted octanol–water partition coefficient (Wildman–Crippen LogP) is 2.48. The van der Waals surface area contributed by atoms with Crippen molar-refractivity contribution in [1.29, 1.82) is 0 Å². The molecule has 1 saturated heterocycles. The van der Waals surface area contributed by atoms with Crippen LogP contribution in [-0.2, 0) is 6.54 Å². The Morgan fingerprint density at radius 1 is 1.15 bits per heavy atom. The van der Waals surface area contributed by atoms with E-state index in [2.05, 4.69) is 0 Å². The Labute approximate surface area is 121 Å². The van der Waals surface area contributed by atoms with E-state index in [0.717, 1.165) is 11.3 Å². The third kappa shape index (κ3) is 4.01. The summed E-state index contributed by atoms with van der Waals surface area (Å²) in [7, 11) is 0. The van der Waals surface area contributed by atoms with Crippen molar-refractivity contribution < 1.29 is 13.2 Å². The molecule has 0 bridgehead atoms. The molecule has 1 aliphatic rings. The first-order valence-electron chi connectivity index (χ1n) is 6.41. The summed E-state index contributed by atoms with van der Waals surface area (Å²) in [6.45, 7) is 1.46. The standard InChI is InChI=1S/C13H17ClF3N3/c14-12-7-11(2-1-10(12)8-18)20-5-3-19(4-6-20)9-13(15,16)17/h1-2,7H,3-6,8-9,18H2. The number of rotatable bonds is 3. The Morgan fingerprint density at radius 3 is 2.30 bits per heavy atom. The molecule has 0 spiro atoms. The zero-order valence-electron chi connectivity index (χ0n) is 11.0. The first-order chi connectivity index (χ1) is 9.39. The summed E-state index contributed by atoms with van der Waals surface area (Å²) in [5.41, 5.74) is 7.34. The number of halogens is 4. The van der Waals surface area contributed by atoms with Gasteiger partial charge in [0.25, 0.3) is 0 Å². The van der Waals surface area contributed by atoms with E-state index in [1.54, 1.807) is 0 Å². The van der Waals surface area contributed by atoms with Gasteiger partial charge in [0, 0.05) is 43.4 Å². The topological polar surface area (TPSA) is 32.5 Å². The Bertz CT molecular complexity index is 457. The molecule has 2 rings (SSSR count). The highest BCUT2D eigenvalue weighted by atomic mass is 35.5. The monoisotopic (exact) mass is 307 g/mol. The quantitative estimate of drug-likeness (QED) is 0.931. The fourth-order valence-electron chi connectivity index (χ4n) is 2.32. The van der Waals surface area contributed by atoms with E-state index in [9.17, 15) is 13.2 Å². The minimum atomic E-state index is -4.13. The molecule has 7 heteroatoms. The van der Waals surface area contributed by atoms with E-state index >= 15 is 0 Å². The molecule has 1 aromatic carbocycles. The number of nitrogens with two attached hydrogens (primary N) is 1. The fraction of sp³-hybridized carbons (Fsp3) is 0.538. The van der Waals surface area contributed by atoms with E-state index in [-0.39, 0.29) is 0 Å². The number of alkyl halides is 3. The van der Waals surface area contributed by atoms with Gasteiger partial charge in [-0.2, -0.15) is 13.2 Å². The van der Waals surface area contributed by atoms with Crippen LogP contribution >= 0.6 is 11.6 Å². The normalized spacial score (nSPS) is 17.6. The van der Waals surface area contributed by atoms with Crippen molar-refractivity contribution in [2.45, 2.75) is 12.7 Å². The molecule has 0 saturated carbocycles. The lowest BCUT2D eigenvalue weighted by atomic mass is 10.1. The molecule has 20 heavy (non-hydrogen) atoms. The number of benzene rings is 1. The largest absolute Gasteiger partial charge is 0.401 e. The van der Waals surface area contributed by atoms with Crippen molar-refractivity contribution in [2.75, 3.05) is 37.6 Å². The van der Waals surface area contributed by atoms with Gasteiger partial charge >= 0.3 is 6.18 Å². The number of hydrogen-bond donors (Lipinski definition) is 1. The Morgan fingerprint density at radius 2 is 1.80 bits per heavy atom. The number of hydrogen-bond acceptors (Lipinski definition) is 3. The molecule has 0 aliphatic carbocycles. The zero-order valence-corrected chi connectivity index (χ0v) is 11.7. The molecule has 1 aliphatic heterocycles. The molecule has 3 nitrogen and oxygen atoms in total. The highest BCUT2D eigenvalue weighted by Crippen LogP contribution is 2.25. The second kappa shape index (κ2) is 6.20. The van der Waals surface area contributed by atoms with E-state index in [4.69, 9.17) is 17.3 Å². The van der Waals surface area contributed by atoms with E-state index in [1.807, 2.05) is 23.1 Å². The summed E-state index contributed by atoms with van der Waals surface area (Å²) in [4.78, 5) is 3.46. The molecule has 0 radical (unpaired) electrons. The van der Waals surface area contributed by atoms with Gasteiger partial charge in [-0.15, -0.1) is 0 Å². The van der Waals surface area contributed by atoms with Gasteiger partial charge in [-0.1, -0.05) is 17.7 Å². The SMILES string of the molecule is NCc1ccc(N2CCN(CC(F)(F)F)CC2)cc1Cl. The summed E-state index contributed by atoms with van der Waals surface area (Å²) in [5, 5.41) is 0.600. The number of piperazine rings is 1. The summed E-state index contributed by atoms with van der Waals surface area (Å²) >= 11 is 6.10. The lowest BCUT2D eigenvalue weighted by molar-refractivity contribution is -0.146. The van der Waals surface area contributed by atoms with Crippen LogP contribution in [0.2, 0.25) is 5.02 Å². The Hall–Kier alpha value is -0.980. The average Bonchev–Trinajstić information content (AvgIpc) is 2.37. The maximum atomic E-state index is 12.3. The molecule has 0 aromatic heterocycles. The maximum absolute atomic E-state index is 12.3. The second-order valence-corrected chi connectivity index (χ2v) is 5.27. The molecular formula is C13H17ClF3N3. The first kappa shape index (κ1) is 15.4. The van der Waals surface area contributed by atoms with Crippen LogP contribution in [0.3, 0.4) is 0 Å². The first-order valence-corrected chi connectivity index (χ1v) is 6.79. The molecule has 2 N–H and O–H groups in total. The Balaban J connectivity index is 1.95. The highest BCUT2D eigenvalue weighted by molar-refractivity contribution is 6.31. The predicted molar refractivity (Wildman–Crippen MR) is 74.1 cm³/mol. The van der Waals surface area contributed by atoms with Gasteiger partial charge in [0.2, 0.25) is 0 Å². The van der Waals surface area contributed by atoms with Gasteiger partial charge in [0.05, 0.1) is 6.54 Å². The third-order valence-corrected chi connectivity index (χ3v) is 3.75. The van der Waals surface area contributed by atoms with Gasteiger partial charge in [-0.3, -0.25) is 4.90 Å². The maximum Gasteiger partial charge on any atom is 0.401 e. The second-order valence-electron chi connectivity index (χ2n) is 4.86. The summed E-state index contributed by atoms with van der Waals surface area (Å²) in [5.74, 6) is 0. The Kier molecular flexibility index (Phi) is 4.78. The van der Waals surface area contributed by atoms with E-state index in [1.165, 1.54) is 4.90 Å². The molecule has 1 fully saturated rings. The van der Waals surface area contributed by atoms with Gasteiger partial charge < -0.3 is 10.6 Å². The van der Waals surface area contributed by atoms with Crippen LogP contribution in [0.15, 0.2) is 18.2 Å². The van der Waals surface area contributed by atoms with E-state index < -0.39 is 12.7 Å². The van der Waals surface area contributed by atoms with Crippen LogP contribution in [0, 0.1) is 0 Å². The van der Waals surface area contributed by atoms with Crippen LogP contribution < -0.4 is 10.6 Å². The van der Waals surface area contributed by atoms with Crippen molar-refractivity contribution in [2.24, 2.45) is 5.73 Å². The highest BCUT2D eigenvalue weighted by Gasteiger charge is 2.32. The molecular weight excluding hydrogens is 291 g/mol. The molecule has 0 amide bonds. The summed E-state index contributed by atoms with van der Waals surface area (Å²) in [6.07, 6.45) is -4.13. The molecule has 1 heterocycles. The minimum Gasteiger partial charge on any atom is -0.369 e.